The van der Waals surface area contributed by atoms with Gasteiger partial charge in [0.15, 0.2) is 5.69 Å². The van der Waals surface area contributed by atoms with Crippen molar-refractivity contribution in [1.29, 1.82) is 0 Å². The zero-order chi connectivity index (χ0) is 16.6. The van der Waals surface area contributed by atoms with Gasteiger partial charge in [-0.3, -0.25) is 0 Å². The molecule has 0 aliphatic carbocycles. The van der Waals surface area contributed by atoms with Crippen LogP contribution < -0.4 is 4.70 Å². The minimum absolute atomic E-state index is 0.00244. The van der Waals surface area contributed by atoms with Crippen molar-refractivity contribution in [3.05, 3.63) is 77.3 Å². The summed E-state index contributed by atoms with van der Waals surface area (Å²) in [5, 5.41) is 16.2. The second-order valence-corrected chi connectivity index (χ2v) is 6.73. The van der Waals surface area contributed by atoms with Crippen molar-refractivity contribution in [1.82, 2.24) is 9.60 Å². The molecule has 2 aromatic carbocycles. The predicted molar refractivity (Wildman–Crippen MR) is 99.0 cm³/mol. The highest BCUT2D eigenvalue weighted by Crippen LogP contribution is 2.43. The van der Waals surface area contributed by atoms with E-state index >= 15 is 0 Å². The Kier molecular flexibility index (Phi) is 3.70. The molecule has 0 radical (unpaired) electrons. The predicted octanol–water partition coefficient (Wildman–Crippen LogP) is 4.56. The molecule has 2 unspecified atom stereocenters. The van der Waals surface area contributed by atoms with Gasteiger partial charge in [0.05, 0.1) is 5.22 Å². The van der Waals surface area contributed by atoms with E-state index in [1.165, 1.54) is 5.70 Å². The maximum atomic E-state index is 4.95. The van der Waals surface area contributed by atoms with Gasteiger partial charge < -0.3 is 4.90 Å². The summed E-state index contributed by atoms with van der Waals surface area (Å²) in [6.07, 6.45) is 0. The smallest absolute Gasteiger partial charge is 0.273 e. The third-order valence-electron chi connectivity index (χ3n) is 4.25. The molecule has 0 aromatic heterocycles. The number of para-hydroxylation sites is 1. The highest BCUT2D eigenvalue weighted by molar-refractivity contribution is 8.02. The molecule has 0 bridgehead atoms. The molecule has 120 valence electrons. The Morgan fingerprint density at radius 2 is 1.67 bits per heavy atom. The van der Waals surface area contributed by atoms with Gasteiger partial charge in [-0.15, -0.1) is 0 Å². The summed E-state index contributed by atoms with van der Waals surface area (Å²) in [5.41, 5.74) is 3.18. The Morgan fingerprint density at radius 3 is 2.29 bits per heavy atom. The largest absolute Gasteiger partial charge is 0.316 e. The molecule has 0 saturated heterocycles. The molecule has 0 saturated carbocycles. The molecule has 2 atom stereocenters. The number of allylic oxidation sites excluding steroid dienone is 1. The molecule has 2 aromatic rings. The topological polar surface area (TPSA) is 40.3 Å². The number of benzene rings is 2. The molecular weight excluding hydrogens is 318 g/mol. The average molecular weight is 336 g/mol. The SMILES string of the molecule is CC1=CSC([N+]2(c3ccccc3)N=NC(c3ccccc3)=N2)N1C. The van der Waals surface area contributed by atoms with Crippen molar-refractivity contribution in [3.8, 4) is 0 Å². The summed E-state index contributed by atoms with van der Waals surface area (Å²) in [6.45, 7) is 2.10. The Hall–Kier alpha value is -2.44. The second-order valence-electron chi connectivity index (χ2n) is 5.80. The van der Waals surface area contributed by atoms with Gasteiger partial charge in [0.2, 0.25) is 5.84 Å². The van der Waals surface area contributed by atoms with Crippen molar-refractivity contribution >= 4 is 23.3 Å². The number of quaternary nitrogens is 1. The van der Waals surface area contributed by atoms with E-state index in [1.54, 1.807) is 11.8 Å². The quantitative estimate of drug-likeness (QED) is 0.771. The lowest BCUT2D eigenvalue weighted by atomic mass is 10.2. The fourth-order valence-electron chi connectivity index (χ4n) is 2.81. The van der Waals surface area contributed by atoms with Gasteiger partial charge in [0.1, 0.15) is 0 Å². The molecule has 2 aliphatic heterocycles. The molecule has 0 amide bonds. The Bertz CT molecular complexity index is 831. The third-order valence-corrected chi connectivity index (χ3v) is 5.58. The first-order chi connectivity index (χ1) is 11.7. The highest BCUT2D eigenvalue weighted by atomic mass is 32.2. The van der Waals surface area contributed by atoms with Crippen molar-refractivity contribution < 1.29 is 0 Å². The fourth-order valence-corrected chi connectivity index (χ4v) is 4.02. The number of rotatable bonds is 3. The molecule has 2 heterocycles. The van der Waals surface area contributed by atoms with Crippen molar-refractivity contribution in [2.75, 3.05) is 7.05 Å². The van der Waals surface area contributed by atoms with Gasteiger partial charge in [-0.2, -0.15) is 0 Å². The monoisotopic (exact) mass is 336 g/mol. The molecule has 4 rings (SSSR count). The van der Waals surface area contributed by atoms with Gasteiger partial charge in [0.25, 0.3) is 5.50 Å². The zero-order valence-electron chi connectivity index (χ0n) is 13.6. The number of hydrogen-bond acceptors (Lipinski definition) is 5. The minimum Gasteiger partial charge on any atom is -0.316 e. The van der Waals surface area contributed by atoms with Crippen LogP contribution in [0.2, 0.25) is 0 Å². The number of thioether (sulfide) groups is 1. The highest BCUT2D eigenvalue weighted by Gasteiger charge is 2.50. The van der Waals surface area contributed by atoms with E-state index in [0.29, 0.717) is 5.84 Å². The van der Waals surface area contributed by atoms with E-state index in [2.05, 4.69) is 46.7 Å². The van der Waals surface area contributed by atoms with Crippen LogP contribution in [0, 0.1) is 0 Å². The van der Waals surface area contributed by atoms with Gasteiger partial charge in [0, 0.05) is 35.1 Å². The molecule has 0 fully saturated rings. The standard InChI is InChI=1S/C18H18N5S/c1-14-13-24-18(22(14)2)23(16-11-7-4-8-12-16)20-17(19-21-23)15-9-5-3-6-10-15/h3-13,18H,1-2H3/q+1. The van der Waals surface area contributed by atoms with E-state index < -0.39 is 0 Å². The molecular formula is C18H18N5S+. The molecule has 0 N–H and O–H groups in total. The van der Waals surface area contributed by atoms with E-state index in [9.17, 15) is 0 Å². The minimum atomic E-state index is -0.00244. The maximum Gasteiger partial charge on any atom is 0.273 e. The van der Waals surface area contributed by atoms with Crippen LogP contribution in [-0.2, 0) is 0 Å². The van der Waals surface area contributed by atoms with E-state index in [1.807, 2.05) is 48.5 Å². The first-order valence-corrected chi connectivity index (χ1v) is 8.73. The molecule has 6 heteroatoms. The Labute approximate surface area is 145 Å². The lowest BCUT2D eigenvalue weighted by molar-refractivity contribution is 0.170. The van der Waals surface area contributed by atoms with Crippen LogP contribution in [0.4, 0.5) is 5.69 Å². The molecule has 0 spiro atoms. The van der Waals surface area contributed by atoms with Crippen LogP contribution in [0.5, 0.6) is 0 Å². The summed E-state index contributed by atoms with van der Waals surface area (Å²) >= 11 is 1.72. The van der Waals surface area contributed by atoms with Crippen molar-refractivity contribution in [3.63, 3.8) is 0 Å². The fraction of sp³-hybridized carbons (Fsp3) is 0.167. The molecule has 5 nitrogen and oxygen atoms in total. The zero-order valence-corrected chi connectivity index (χ0v) is 14.4. The van der Waals surface area contributed by atoms with E-state index in [0.717, 1.165) is 11.3 Å². The summed E-state index contributed by atoms with van der Waals surface area (Å²) in [4.78, 5) is 2.20. The Balaban J connectivity index is 1.83. The lowest BCUT2D eigenvalue weighted by Crippen LogP contribution is -2.51. The normalized spacial score (nSPS) is 25.8. The molecule has 24 heavy (non-hydrogen) atoms. The van der Waals surface area contributed by atoms with Gasteiger partial charge in [-0.25, -0.2) is 0 Å². The van der Waals surface area contributed by atoms with Crippen molar-refractivity contribution in [2.24, 2.45) is 15.4 Å². The van der Waals surface area contributed by atoms with Crippen LogP contribution in [-0.4, -0.2) is 23.3 Å². The van der Waals surface area contributed by atoms with Crippen molar-refractivity contribution in [2.45, 2.75) is 12.4 Å². The second kappa shape index (κ2) is 5.89. The summed E-state index contributed by atoms with van der Waals surface area (Å²) in [5.74, 6) is 0.665. The van der Waals surface area contributed by atoms with Crippen LogP contribution >= 0.6 is 11.8 Å². The first kappa shape index (κ1) is 15.1. The van der Waals surface area contributed by atoms with Crippen LogP contribution in [0.25, 0.3) is 0 Å². The number of hydrogen-bond donors (Lipinski definition) is 0. The average Bonchev–Trinajstić information content (AvgIpc) is 3.22. The summed E-state index contributed by atoms with van der Waals surface area (Å²) < 4.78 is 0.0973. The van der Waals surface area contributed by atoms with Gasteiger partial charge >= 0.3 is 0 Å². The first-order valence-electron chi connectivity index (χ1n) is 7.79. The number of nitrogens with zero attached hydrogens (tertiary/aromatic N) is 5. The summed E-state index contributed by atoms with van der Waals surface area (Å²) in [7, 11) is 2.07. The third kappa shape index (κ3) is 2.35. The van der Waals surface area contributed by atoms with E-state index in [-0.39, 0.29) is 10.2 Å². The summed E-state index contributed by atoms with van der Waals surface area (Å²) in [6, 6.07) is 20.1. The van der Waals surface area contributed by atoms with Gasteiger partial charge in [-0.1, -0.05) is 53.6 Å². The number of amidine groups is 1. The van der Waals surface area contributed by atoms with Crippen LogP contribution in [0.1, 0.15) is 12.5 Å². The van der Waals surface area contributed by atoms with Gasteiger partial charge in [-0.05, 0) is 29.2 Å². The lowest BCUT2D eigenvalue weighted by Gasteiger charge is -2.31. The Morgan fingerprint density at radius 1 is 1.00 bits per heavy atom. The van der Waals surface area contributed by atoms with Crippen LogP contribution in [0.15, 0.2) is 87.2 Å². The van der Waals surface area contributed by atoms with Crippen LogP contribution in [0.3, 0.4) is 0 Å². The maximum absolute atomic E-state index is 4.95. The molecule has 2 aliphatic rings. The van der Waals surface area contributed by atoms with E-state index in [4.69, 9.17) is 5.10 Å².